The van der Waals surface area contributed by atoms with E-state index in [0.717, 1.165) is 19.4 Å². The van der Waals surface area contributed by atoms with E-state index in [9.17, 15) is 0 Å². The van der Waals surface area contributed by atoms with Crippen molar-refractivity contribution in [2.45, 2.75) is 19.8 Å². The highest BCUT2D eigenvalue weighted by atomic mass is 14.7. The van der Waals surface area contributed by atoms with Crippen molar-refractivity contribution in [1.29, 1.82) is 0 Å². The van der Waals surface area contributed by atoms with Crippen LogP contribution in [0.15, 0.2) is 24.3 Å². The number of benzene rings is 1. The lowest BCUT2D eigenvalue weighted by molar-refractivity contribution is 0.836. The van der Waals surface area contributed by atoms with Gasteiger partial charge in [0.05, 0.1) is 0 Å². The number of aryl methyl sites for hydroxylation is 2. The van der Waals surface area contributed by atoms with Gasteiger partial charge in [-0.25, -0.2) is 0 Å². The fraction of sp³-hybridized carbons (Fsp3) is 0.333. The van der Waals surface area contributed by atoms with Crippen LogP contribution in [0.3, 0.4) is 0 Å². The molecule has 2 heteroatoms. The SMILES string of the molecule is Cc1cc2cccc(CCCN)c2[nH]1. The Bertz CT molecular complexity index is 429. The second kappa shape index (κ2) is 3.84. The normalized spacial score (nSPS) is 11.0. The third kappa shape index (κ3) is 1.66. The molecule has 0 aliphatic carbocycles. The van der Waals surface area contributed by atoms with Gasteiger partial charge in [-0.3, -0.25) is 0 Å². The number of fused-ring (bicyclic) bond motifs is 1. The summed E-state index contributed by atoms with van der Waals surface area (Å²) in [4.78, 5) is 3.40. The average Bonchev–Trinajstić information content (AvgIpc) is 2.55. The van der Waals surface area contributed by atoms with E-state index in [1.165, 1.54) is 22.2 Å². The lowest BCUT2D eigenvalue weighted by Crippen LogP contribution is -2.00. The molecule has 0 unspecified atom stereocenters. The van der Waals surface area contributed by atoms with Crippen molar-refractivity contribution in [1.82, 2.24) is 4.98 Å². The Balaban J connectivity index is 2.42. The van der Waals surface area contributed by atoms with E-state index in [0.29, 0.717) is 0 Å². The van der Waals surface area contributed by atoms with Gasteiger partial charge >= 0.3 is 0 Å². The predicted octanol–water partition coefficient (Wildman–Crippen LogP) is 2.37. The summed E-state index contributed by atoms with van der Waals surface area (Å²) in [6.07, 6.45) is 2.12. The number of hydrogen-bond acceptors (Lipinski definition) is 1. The molecule has 0 aliphatic heterocycles. The third-order valence-corrected chi connectivity index (χ3v) is 2.53. The Morgan fingerprint density at radius 1 is 1.36 bits per heavy atom. The summed E-state index contributed by atoms with van der Waals surface area (Å²) < 4.78 is 0. The summed E-state index contributed by atoms with van der Waals surface area (Å²) in [6, 6.07) is 8.61. The molecule has 3 N–H and O–H groups in total. The Labute approximate surface area is 84.1 Å². The van der Waals surface area contributed by atoms with Crippen molar-refractivity contribution in [2.75, 3.05) is 6.54 Å². The molecule has 0 spiro atoms. The molecule has 74 valence electrons. The molecule has 2 aromatic rings. The molecule has 0 aliphatic rings. The number of aromatic nitrogens is 1. The van der Waals surface area contributed by atoms with Gasteiger partial charge in [0.25, 0.3) is 0 Å². The fourth-order valence-electron chi connectivity index (χ4n) is 1.86. The molecular weight excluding hydrogens is 172 g/mol. The summed E-state index contributed by atoms with van der Waals surface area (Å²) in [5.41, 5.74) is 9.39. The minimum absolute atomic E-state index is 0.760. The summed E-state index contributed by atoms with van der Waals surface area (Å²) in [6.45, 7) is 2.85. The molecule has 0 fully saturated rings. The summed E-state index contributed by atoms with van der Waals surface area (Å²) in [5, 5.41) is 1.30. The topological polar surface area (TPSA) is 41.8 Å². The number of nitrogens with two attached hydrogens (primary N) is 1. The zero-order valence-corrected chi connectivity index (χ0v) is 8.51. The number of hydrogen-bond donors (Lipinski definition) is 2. The smallest absolute Gasteiger partial charge is 0.0488 e. The van der Waals surface area contributed by atoms with Gasteiger partial charge in [-0.2, -0.15) is 0 Å². The third-order valence-electron chi connectivity index (χ3n) is 2.53. The van der Waals surface area contributed by atoms with E-state index in [1.54, 1.807) is 0 Å². The number of aromatic amines is 1. The largest absolute Gasteiger partial charge is 0.358 e. The van der Waals surface area contributed by atoms with Crippen molar-refractivity contribution >= 4 is 10.9 Å². The highest BCUT2D eigenvalue weighted by molar-refractivity contribution is 5.83. The number of para-hydroxylation sites is 1. The van der Waals surface area contributed by atoms with E-state index in [-0.39, 0.29) is 0 Å². The molecule has 14 heavy (non-hydrogen) atoms. The molecule has 1 aromatic carbocycles. The van der Waals surface area contributed by atoms with E-state index in [2.05, 4.69) is 36.2 Å². The number of nitrogens with one attached hydrogen (secondary N) is 1. The van der Waals surface area contributed by atoms with Gasteiger partial charge in [0.1, 0.15) is 0 Å². The maximum absolute atomic E-state index is 5.52. The Hall–Kier alpha value is -1.28. The van der Waals surface area contributed by atoms with Crippen LogP contribution in [0.4, 0.5) is 0 Å². The van der Waals surface area contributed by atoms with Gasteiger partial charge in [0.15, 0.2) is 0 Å². The molecular formula is C12H16N2. The van der Waals surface area contributed by atoms with Crippen molar-refractivity contribution in [3.63, 3.8) is 0 Å². The van der Waals surface area contributed by atoms with Gasteiger partial charge in [0, 0.05) is 11.2 Å². The van der Waals surface area contributed by atoms with Crippen LogP contribution in [0.2, 0.25) is 0 Å². The Morgan fingerprint density at radius 2 is 2.21 bits per heavy atom. The minimum atomic E-state index is 0.760. The Morgan fingerprint density at radius 3 is 3.00 bits per heavy atom. The first-order chi connectivity index (χ1) is 6.81. The zero-order chi connectivity index (χ0) is 9.97. The van der Waals surface area contributed by atoms with Crippen LogP contribution < -0.4 is 5.73 Å². The highest BCUT2D eigenvalue weighted by Gasteiger charge is 2.02. The van der Waals surface area contributed by atoms with Gasteiger partial charge in [0.2, 0.25) is 0 Å². The van der Waals surface area contributed by atoms with E-state index < -0.39 is 0 Å². The van der Waals surface area contributed by atoms with Crippen LogP contribution in [0, 0.1) is 6.92 Å². The van der Waals surface area contributed by atoms with Crippen LogP contribution in [0.1, 0.15) is 17.7 Å². The standard InChI is InChI=1S/C12H16N2/c1-9-8-11-5-2-4-10(6-3-7-13)12(11)14-9/h2,4-5,8,14H,3,6-7,13H2,1H3. The first-order valence-corrected chi connectivity index (χ1v) is 5.08. The van der Waals surface area contributed by atoms with Gasteiger partial charge in [-0.05, 0) is 43.3 Å². The maximum Gasteiger partial charge on any atom is 0.0488 e. The summed E-state index contributed by atoms with van der Waals surface area (Å²) in [5.74, 6) is 0. The van der Waals surface area contributed by atoms with Crippen LogP contribution in [-0.4, -0.2) is 11.5 Å². The highest BCUT2D eigenvalue weighted by Crippen LogP contribution is 2.20. The molecule has 0 bridgehead atoms. The van der Waals surface area contributed by atoms with Crippen LogP contribution in [-0.2, 0) is 6.42 Å². The molecule has 1 aromatic heterocycles. The maximum atomic E-state index is 5.52. The predicted molar refractivity (Wildman–Crippen MR) is 60.4 cm³/mol. The molecule has 0 amide bonds. The molecule has 0 radical (unpaired) electrons. The van der Waals surface area contributed by atoms with Crippen molar-refractivity contribution < 1.29 is 0 Å². The fourth-order valence-corrected chi connectivity index (χ4v) is 1.86. The quantitative estimate of drug-likeness (QED) is 0.763. The zero-order valence-electron chi connectivity index (χ0n) is 8.51. The number of rotatable bonds is 3. The first-order valence-electron chi connectivity index (χ1n) is 5.08. The minimum Gasteiger partial charge on any atom is -0.358 e. The second-order valence-electron chi connectivity index (χ2n) is 3.73. The Kier molecular flexibility index (Phi) is 2.55. The molecule has 0 saturated heterocycles. The van der Waals surface area contributed by atoms with E-state index in [4.69, 9.17) is 5.73 Å². The van der Waals surface area contributed by atoms with Crippen LogP contribution in [0.5, 0.6) is 0 Å². The molecule has 0 saturated carbocycles. The van der Waals surface area contributed by atoms with Gasteiger partial charge in [-0.1, -0.05) is 18.2 Å². The number of H-pyrrole nitrogens is 1. The monoisotopic (exact) mass is 188 g/mol. The van der Waals surface area contributed by atoms with Crippen molar-refractivity contribution in [2.24, 2.45) is 5.73 Å². The molecule has 0 atom stereocenters. The second-order valence-corrected chi connectivity index (χ2v) is 3.73. The molecule has 2 rings (SSSR count). The van der Waals surface area contributed by atoms with Crippen molar-refractivity contribution in [3.8, 4) is 0 Å². The molecule has 1 heterocycles. The summed E-state index contributed by atoms with van der Waals surface area (Å²) >= 11 is 0. The van der Waals surface area contributed by atoms with Gasteiger partial charge < -0.3 is 10.7 Å². The van der Waals surface area contributed by atoms with Crippen molar-refractivity contribution in [3.05, 3.63) is 35.5 Å². The van der Waals surface area contributed by atoms with Gasteiger partial charge in [-0.15, -0.1) is 0 Å². The lowest BCUT2D eigenvalue weighted by atomic mass is 10.1. The van der Waals surface area contributed by atoms with Crippen LogP contribution in [0.25, 0.3) is 10.9 Å². The average molecular weight is 188 g/mol. The molecule has 2 nitrogen and oxygen atoms in total. The first kappa shape index (κ1) is 9.28. The van der Waals surface area contributed by atoms with E-state index in [1.807, 2.05) is 0 Å². The summed E-state index contributed by atoms with van der Waals surface area (Å²) in [7, 11) is 0. The van der Waals surface area contributed by atoms with E-state index >= 15 is 0 Å². The van der Waals surface area contributed by atoms with Crippen LogP contribution >= 0.6 is 0 Å². The lowest BCUT2D eigenvalue weighted by Gasteiger charge is -2.01.